The minimum absolute atomic E-state index is 0.161. The topological polar surface area (TPSA) is 40.9 Å². The Labute approximate surface area is 119 Å². The molecular formula is C18H15NO. The summed E-state index contributed by atoms with van der Waals surface area (Å²) in [6.45, 7) is 3.83. The van der Waals surface area contributed by atoms with E-state index in [-0.39, 0.29) is 11.4 Å². The van der Waals surface area contributed by atoms with E-state index < -0.39 is 0 Å². The van der Waals surface area contributed by atoms with E-state index in [4.69, 9.17) is 0 Å². The van der Waals surface area contributed by atoms with Crippen molar-refractivity contribution in [1.82, 2.24) is 0 Å². The SMILES string of the molecule is Cc1ccccc1/C=C(\C#N)C(=O)c1ccccc1C. The fourth-order valence-corrected chi connectivity index (χ4v) is 2.03. The molecule has 0 heterocycles. The molecule has 0 fully saturated rings. The van der Waals surface area contributed by atoms with Crippen LogP contribution in [0.15, 0.2) is 54.1 Å². The summed E-state index contributed by atoms with van der Waals surface area (Å²) in [5, 5.41) is 9.26. The van der Waals surface area contributed by atoms with Gasteiger partial charge in [-0.15, -0.1) is 0 Å². The predicted molar refractivity (Wildman–Crippen MR) is 80.3 cm³/mol. The molecule has 2 rings (SSSR count). The monoisotopic (exact) mass is 261 g/mol. The van der Waals surface area contributed by atoms with E-state index in [9.17, 15) is 10.1 Å². The summed E-state index contributed by atoms with van der Waals surface area (Å²) < 4.78 is 0. The summed E-state index contributed by atoms with van der Waals surface area (Å²) in [4.78, 5) is 12.4. The van der Waals surface area contributed by atoms with Crippen molar-refractivity contribution in [2.45, 2.75) is 13.8 Å². The van der Waals surface area contributed by atoms with Crippen molar-refractivity contribution in [3.8, 4) is 6.07 Å². The average molecular weight is 261 g/mol. The summed E-state index contributed by atoms with van der Waals surface area (Å²) in [6.07, 6.45) is 1.66. The Bertz CT molecular complexity index is 720. The van der Waals surface area contributed by atoms with Crippen LogP contribution in [0, 0.1) is 25.2 Å². The number of rotatable bonds is 3. The van der Waals surface area contributed by atoms with Crippen LogP contribution >= 0.6 is 0 Å². The summed E-state index contributed by atoms with van der Waals surface area (Å²) in [5.41, 5.74) is 3.55. The van der Waals surface area contributed by atoms with Crippen LogP contribution < -0.4 is 0 Å². The number of nitrogens with zero attached hydrogens (tertiary/aromatic N) is 1. The molecular weight excluding hydrogens is 246 g/mol. The predicted octanol–water partition coefficient (Wildman–Crippen LogP) is 4.09. The van der Waals surface area contributed by atoms with Crippen LogP contribution in [-0.4, -0.2) is 5.78 Å². The summed E-state index contributed by atoms with van der Waals surface area (Å²) in [5.74, 6) is -0.228. The molecule has 20 heavy (non-hydrogen) atoms. The first-order valence-electron chi connectivity index (χ1n) is 6.41. The first-order valence-corrected chi connectivity index (χ1v) is 6.41. The van der Waals surface area contributed by atoms with Crippen LogP contribution in [0.25, 0.3) is 6.08 Å². The third kappa shape index (κ3) is 2.84. The second kappa shape index (κ2) is 5.99. The van der Waals surface area contributed by atoms with E-state index in [0.717, 1.165) is 16.7 Å². The van der Waals surface area contributed by atoms with Gasteiger partial charge in [0.15, 0.2) is 0 Å². The van der Waals surface area contributed by atoms with Gasteiger partial charge >= 0.3 is 0 Å². The van der Waals surface area contributed by atoms with Gasteiger partial charge in [-0.25, -0.2) is 0 Å². The molecule has 0 spiro atoms. The second-order valence-electron chi connectivity index (χ2n) is 4.67. The standard InChI is InChI=1S/C18H15NO/c1-13-7-3-5-9-15(13)11-16(12-19)18(20)17-10-6-4-8-14(17)2/h3-11H,1-2H3/b16-11+. The molecule has 98 valence electrons. The van der Waals surface area contributed by atoms with E-state index in [1.807, 2.05) is 62.4 Å². The first-order chi connectivity index (χ1) is 9.63. The first kappa shape index (κ1) is 13.8. The van der Waals surface area contributed by atoms with Crippen molar-refractivity contribution in [2.24, 2.45) is 0 Å². The number of hydrogen-bond donors (Lipinski definition) is 0. The van der Waals surface area contributed by atoms with Gasteiger partial charge < -0.3 is 0 Å². The zero-order valence-electron chi connectivity index (χ0n) is 11.6. The molecule has 0 aliphatic carbocycles. The Balaban J connectivity index is 2.44. The van der Waals surface area contributed by atoms with Crippen LogP contribution in [0.3, 0.4) is 0 Å². The third-order valence-corrected chi connectivity index (χ3v) is 3.24. The number of carbonyl (C=O) groups is 1. The van der Waals surface area contributed by atoms with Gasteiger partial charge in [0.25, 0.3) is 0 Å². The van der Waals surface area contributed by atoms with Crippen molar-refractivity contribution in [3.05, 3.63) is 76.4 Å². The number of Topliss-reactive ketones (excluding diaryl/α,β-unsaturated/α-hetero) is 1. The van der Waals surface area contributed by atoms with Gasteiger partial charge in [-0.1, -0.05) is 48.5 Å². The maximum atomic E-state index is 12.4. The highest BCUT2D eigenvalue weighted by atomic mass is 16.1. The van der Waals surface area contributed by atoms with Crippen molar-refractivity contribution in [1.29, 1.82) is 5.26 Å². The molecule has 2 aromatic rings. The van der Waals surface area contributed by atoms with Crippen LogP contribution in [0.1, 0.15) is 27.0 Å². The van der Waals surface area contributed by atoms with Crippen LogP contribution in [0.4, 0.5) is 0 Å². The average Bonchev–Trinajstić information content (AvgIpc) is 2.46. The molecule has 0 radical (unpaired) electrons. The lowest BCUT2D eigenvalue weighted by atomic mass is 9.97. The Kier molecular flexibility index (Phi) is 4.12. The maximum Gasteiger partial charge on any atom is 0.203 e. The second-order valence-corrected chi connectivity index (χ2v) is 4.67. The van der Waals surface area contributed by atoms with Crippen molar-refractivity contribution in [2.75, 3.05) is 0 Å². The lowest BCUT2D eigenvalue weighted by Crippen LogP contribution is -2.04. The molecule has 0 aromatic heterocycles. The van der Waals surface area contributed by atoms with Gasteiger partial charge in [0.05, 0.1) is 0 Å². The van der Waals surface area contributed by atoms with Gasteiger partial charge in [0.2, 0.25) is 5.78 Å². The van der Waals surface area contributed by atoms with Gasteiger partial charge in [0.1, 0.15) is 11.6 Å². The lowest BCUT2D eigenvalue weighted by molar-refractivity contribution is 0.103. The maximum absolute atomic E-state index is 12.4. The van der Waals surface area contributed by atoms with Crippen molar-refractivity contribution < 1.29 is 4.79 Å². The molecule has 0 saturated heterocycles. The number of hydrogen-bond acceptors (Lipinski definition) is 2. The normalized spacial score (nSPS) is 10.9. The van der Waals surface area contributed by atoms with E-state index in [1.54, 1.807) is 12.1 Å². The fourth-order valence-electron chi connectivity index (χ4n) is 2.03. The highest BCUT2D eigenvalue weighted by Crippen LogP contribution is 2.17. The molecule has 0 N–H and O–H groups in total. The zero-order chi connectivity index (χ0) is 14.5. The Hall–Kier alpha value is -2.66. The third-order valence-electron chi connectivity index (χ3n) is 3.24. The van der Waals surface area contributed by atoms with Crippen molar-refractivity contribution >= 4 is 11.9 Å². The minimum Gasteiger partial charge on any atom is -0.288 e. The summed E-state index contributed by atoms with van der Waals surface area (Å²) in [7, 11) is 0. The smallest absolute Gasteiger partial charge is 0.203 e. The summed E-state index contributed by atoms with van der Waals surface area (Å²) in [6, 6.07) is 17.0. The number of benzene rings is 2. The number of ketones is 1. The molecule has 2 aromatic carbocycles. The molecule has 0 unspecified atom stereocenters. The molecule has 0 saturated carbocycles. The van der Waals surface area contributed by atoms with Crippen LogP contribution in [0.2, 0.25) is 0 Å². The fraction of sp³-hybridized carbons (Fsp3) is 0.111. The van der Waals surface area contributed by atoms with E-state index in [1.165, 1.54) is 0 Å². The quantitative estimate of drug-likeness (QED) is 0.474. The molecule has 0 aliphatic heterocycles. The van der Waals surface area contributed by atoms with E-state index in [2.05, 4.69) is 0 Å². The lowest BCUT2D eigenvalue weighted by Gasteiger charge is -2.04. The van der Waals surface area contributed by atoms with E-state index >= 15 is 0 Å². The van der Waals surface area contributed by atoms with Gasteiger partial charge in [-0.3, -0.25) is 4.79 Å². The Morgan fingerprint density at radius 1 is 1.00 bits per heavy atom. The molecule has 0 aliphatic rings. The number of allylic oxidation sites excluding steroid dienone is 1. The highest BCUT2D eigenvalue weighted by Gasteiger charge is 2.14. The summed E-state index contributed by atoms with van der Waals surface area (Å²) >= 11 is 0. The van der Waals surface area contributed by atoms with Crippen molar-refractivity contribution in [3.63, 3.8) is 0 Å². The molecule has 0 bridgehead atoms. The minimum atomic E-state index is -0.228. The molecule has 2 nitrogen and oxygen atoms in total. The highest BCUT2D eigenvalue weighted by molar-refractivity contribution is 6.14. The van der Waals surface area contributed by atoms with Crippen LogP contribution in [0.5, 0.6) is 0 Å². The zero-order valence-corrected chi connectivity index (χ0v) is 11.6. The number of nitriles is 1. The molecule has 0 atom stereocenters. The van der Waals surface area contributed by atoms with Gasteiger partial charge in [-0.05, 0) is 36.6 Å². The Morgan fingerprint density at radius 3 is 2.20 bits per heavy atom. The molecule has 0 amide bonds. The molecule has 2 heteroatoms. The van der Waals surface area contributed by atoms with Gasteiger partial charge in [-0.2, -0.15) is 5.26 Å². The number of carbonyl (C=O) groups excluding carboxylic acids is 1. The van der Waals surface area contributed by atoms with Gasteiger partial charge in [0, 0.05) is 5.56 Å². The Morgan fingerprint density at radius 2 is 1.60 bits per heavy atom. The largest absolute Gasteiger partial charge is 0.288 e. The van der Waals surface area contributed by atoms with Crippen LogP contribution in [-0.2, 0) is 0 Å². The number of aryl methyl sites for hydroxylation is 2. The van der Waals surface area contributed by atoms with E-state index in [0.29, 0.717) is 5.56 Å².